The second kappa shape index (κ2) is 27.7. The Kier molecular flexibility index (Phi) is 27.5. The topological polar surface area (TPSA) is 0 Å². The van der Waals surface area contributed by atoms with Crippen LogP contribution in [-0.4, -0.2) is 0 Å². The first kappa shape index (κ1) is 28.7. The van der Waals surface area contributed by atoms with Crippen LogP contribution >= 0.6 is 0 Å². The van der Waals surface area contributed by atoms with Gasteiger partial charge >= 0.3 is 0 Å². The minimum Gasteiger partial charge on any atom is -0.0885 e. The molecule has 174 valence electrons. The summed E-state index contributed by atoms with van der Waals surface area (Å²) in [5.74, 6) is 0. The van der Waals surface area contributed by atoms with Crippen molar-refractivity contribution in [2.75, 3.05) is 0 Å². The van der Waals surface area contributed by atoms with Gasteiger partial charge in [-0.1, -0.05) is 161 Å². The highest BCUT2D eigenvalue weighted by molar-refractivity contribution is 4.81. The Morgan fingerprint density at radius 3 is 0.724 bits per heavy atom. The zero-order valence-corrected chi connectivity index (χ0v) is 20.8. The maximum Gasteiger partial charge on any atom is -0.0351 e. The maximum absolute atomic E-state index is 2.45. The van der Waals surface area contributed by atoms with Gasteiger partial charge in [-0.05, 0) is 25.7 Å². The van der Waals surface area contributed by atoms with Crippen LogP contribution in [0.3, 0.4) is 0 Å². The third kappa shape index (κ3) is 27.7. The largest absolute Gasteiger partial charge is 0.0885 e. The molecule has 0 nitrogen and oxygen atoms in total. The van der Waals surface area contributed by atoms with Gasteiger partial charge in [0.25, 0.3) is 0 Å². The first-order chi connectivity index (χ1) is 14.4. The molecular weight excluding hydrogens is 348 g/mol. The molecule has 0 radical (unpaired) electrons. The molecule has 0 spiro atoms. The summed E-state index contributed by atoms with van der Waals surface area (Å²) in [4.78, 5) is 0. The predicted octanol–water partition coefficient (Wildman–Crippen LogP) is 11.3. The minimum atomic E-state index is 1.31. The summed E-state index contributed by atoms with van der Waals surface area (Å²) in [6.45, 7) is 4.60. The Morgan fingerprint density at radius 2 is 0.483 bits per heavy atom. The number of unbranched alkanes of at least 4 members (excludes halogenated alkanes) is 23. The van der Waals surface area contributed by atoms with Crippen molar-refractivity contribution in [1.82, 2.24) is 0 Å². The van der Waals surface area contributed by atoms with Crippen LogP contribution in [0.1, 0.15) is 174 Å². The van der Waals surface area contributed by atoms with Gasteiger partial charge in [0.2, 0.25) is 0 Å². The molecule has 0 amide bonds. The molecule has 0 heterocycles. The van der Waals surface area contributed by atoms with Gasteiger partial charge in [-0.25, -0.2) is 0 Å². The number of hydrogen-bond acceptors (Lipinski definition) is 0. The summed E-state index contributed by atoms with van der Waals surface area (Å²) >= 11 is 0. The Labute approximate surface area is 186 Å². The van der Waals surface area contributed by atoms with Crippen molar-refractivity contribution >= 4 is 0 Å². The summed E-state index contributed by atoms with van der Waals surface area (Å²) in [7, 11) is 0. The van der Waals surface area contributed by atoms with E-state index in [4.69, 9.17) is 0 Å². The molecule has 0 rings (SSSR count). The van der Waals surface area contributed by atoms with Crippen LogP contribution in [0.25, 0.3) is 0 Å². The van der Waals surface area contributed by atoms with E-state index in [0.717, 1.165) is 0 Å². The van der Waals surface area contributed by atoms with E-state index in [1.54, 1.807) is 0 Å². The molecule has 0 saturated carbocycles. The highest BCUT2D eigenvalue weighted by atomic mass is 14.0. The zero-order valence-electron chi connectivity index (χ0n) is 20.8. The van der Waals surface area contributed by atoms with E-state index in [2.05, 4.69) is 26.0 Å². The molecule has 0 aliphatic rings. The minimum absolute atomic E-state index is 1.31. The van der Waals surface area contributed by atoms with Crippen molar-refractivity contribution in [1.29, 1.82) is 0 Å². The van der Waals surface area contributed by atoms with Crippen molar-refractivity contribution in [2.24, 2.45) is 0 Å². The molecule has 0 unspecified atom stereocenters. The third-order valence-corrected chi connectivity index (χ3v) is 6.37. The lowest BCUT2D eigenvalue weighted by Crippen LogP contribution is -1.83. The summed E-state index contributed by atoms with van der Waals surface area (Å²) in [6.07, 6.45) is 40.9. The molecule has 0 aromatic heterocycles. The fraction of sp³-hybridized carbons (Fsp3) is 0.931. The molecule has 0 N–H and O–H groups in total. The normalized spacial score (nSPS) is 11.7. The average Bonchev–Trinajstić information content (AvgIpc) is 2.74. The van der Waals surface area contributed by atoms with Crippen LogP contribution in [0.4, 0.5) is 0 Å². The lowest BCUT2D eigenvalue weighted by atomic mass is 10.0. The van der Waals surface area contributed by atoms with Crippen molar-refractivity contribution in [2.45, 2.75) is 174 Å². The van der Waals surface area contributed by atoms with E-state index in [0.29, 0.717) is 0 Å². The second-order valence-corrected chi connectivity index (χ2v) is 9.47. The van der Waals surface area contributed by atoms with Gasteiger partial charge in [0.15, 0.2) is 0 Å². The van der Waals surface area contributed by atoms with E-state index in [1.807, 2.05) is 0 Å². The van der Waals surface area contributed by atoms with E-state index >= 15 is 0 Å². The molecule has 0 heteroatoms. The highest BCUT2D eigenvalue weighted by Crippen LogP contribution is 2.14. The van der Waals surface area contributed by atoms with Crippen molar-refractivity contribution in [3.05, 3.63) is 12.2 Å². The monoisotopic (exact) mass is 406 g/mol. The smallest absolute Gasteiger partial charge is 0.0351 e. The molecule has 0 aromatic carbocycles. The van der Waals surface area contributed by atoms with Crippen LogP contribution in [0.5, 0.6) is 0 Å². The van der Waals surface area contributed by atoms with E-state index in [9.17, 15) is 0 Å². The number of rotatable bonds is 25. The Bertz CT molecular complexity index is 290. The number of allylic oxidation sites excluding steroid dienone is 2. The third-order valence-electron chi connectivity index (χ3n) is 6.37. The maximum atomic E-state index is 2.45. The molecule has 0 aromatic rings. The quantitative estimate of drug-likeness (QED) is 0.104. The van der Waals surface area contributed by atoms with E-state index in [-0.39, 0.29) is 0 Å². The van der Waals surface area contributed by atoms with Crippen LogP contribution in [0.2, 0.25) is 0 Å². The first-order valence-corrected chi connectivity index (χ1v) is 14.1. The molecule has 0 aliphatic carbocycles. The van der Waals surface area contributed by atoms with Crippen molar-refractivity contribution in [3.8, 4) is 0 Å². The van der Waals surface area contributed by atoms with Crippen LogP contribution in [0, 0.1) is 0 Å². The molecule has 0 fully saturated rings. The van der Waals surface area contributed by atoms with Crippen molar-refractivity contribution < 1.29 is 0 Å². The SMILES string of the molecule is CCCCCCCCCC/C=C\CCCCCCCCCCCCCCCCC. The molecule has 29 heavy (non-hydrogen) atoms. The summed E-state index contributed by atoms with van der Waals surface area (Å²) in [5.41, 5.74) is 0. The zero-order chi connectivity index (χ0) is 21.1. The predicted molar refractivity (Wildman–Crippen MR) is 136 cm³/mol. The lowest BCUT2D eigenvalue weighted by molar-refractivity contribution is 0.533. The van der Waals surface area contributed by atoms with Gasteiger partial charge < -0.3 is 0 Å². The average molecular weight is 407 g/mol. The van der Waals surface area contributed by atoms with E-state index < -0.39 is 0 Å². The fourth-order valence-electron chi connectivity index (χ4n) is 4.27. The lowest BCUT2D eigenvalue weighted by Gasteiger charge is -2.03. The van der Waals surface area contributed by atoms with Gasteiger partial charge in [0, 0.05) is 0 Å². The Balaban J connectivity index is 3.05. The molecule has 0 aliphatic heterocycles. The van der Waals surface area contributed by atoms with Gasteiger partial charge in [-0.2, -0.15) is 0 Å². The standard InChI is InChI=1S/C29H58/c1-3-5-7-9-11-13-15-17-19-21-23-25-27-29-28-26-24-22-20-18-16-14-12-10-8-6-4-2/h21,23H,3-20,22,24-29H2,1-2H3/b23-21-. The summed E-state index contributed by atoms with van der Waals surface area (Å²) < 4.78 is 0. The highest BCUT2D eigenvalue weighted by Gasteiger charge is 1.94. The van der Waals surface area contributed by atoms with Crippen molar-refractivity contribution in [3.63, 3.8) is 0 Å². The molecule has 0 bridgehead atoms. The molecule has 0 atom stereocenters. The van der Waals surface area contributed by atoms with E-state index in [1.165, 1.54) is 161 Å². The summed E-state index contributed by atoms with van der Waals surface area (Å²) in [6, 6.07) is 0. The molecule has 0 saturated heterocycles. The fourth-order valence-corrected chi connectivity index (χ4v) is 4.27. The second-order valence-electron chi connectivity index (χ2n) is 9.47. The Hall–Kier alpha value is -0.260. The van der Waals surface area contributed by atoms with Crippen LogP contribution in [0.15, 0.2) is 12.2 Å². The van der Waals surface area contributed by atoms with Gasteiger partial charge in [0.05, 0.1) is 0 Å². The van der Waals surface area contributed by atoms with Gasteiger partial charge in [-0.3, -0.25) is 0 Å². The molecular formula is C29H58. The van der Waals surface area contributed by atoms with Crippen LogP contribution < -0.4 is 0 Å². The number of hydrogen-bond donors (Lipinski definition) is 0. The summed E-state index contributed by atoms with van der Waals surface area (Å²) in [5, 5.41) is 0. The first-order valence-electron chi connectivity index (χ1n) is 14.1. The van der Waals surface area contributed by atoms with Gasteiger partial charge in [-0.15, -0.1) is 0 Å². The Morgan fingerprint density at radius 1 is 0.276 bits per heavy atom. The van der Waals surface area contributed by atoms with Crippen LogP contribution in [-0.2, 0) is 0 Å². The van der Waals surface area contributed by atoms with Gasteiger partial charge in [0.1, 0.15) is 0 Å².